The summed E-state index contributed by atoms with van der Waals surface area (Å²) in [6, 6.07) is 25.4. The van der Waals surface area contributed by atoms with Crippen molar-refractivity contribution >= 4 is 6.08 Å². The summed E-state index contributed by atoms with van der Waals surface area (Å²) in [5, 5.41) is 0. The molecule has 0 radical (unpaired) electrons. The lowest BCUT2D eigenvalue weighted by Crippen LogP contribution is -2.19. The quantitative estimate of drug-likeness (QED) is 0.387. The lowest BCUT2D eigenvalue weighted by Gasteiger charge is -2.28. The fourth-order valence-electron chi connectivity index (χ4n) is 3.64. The summed E-state index contributed by atoms with van der Waals surface area (Å²) in [5.41, 5.74) is 7.58. The molecule has 0 aliphatic carbocycles. The van der Waals surface area contributed by atoms with Gasteiger partial charge in [0.2, 0.25) is 0 Å². The summed E-state index contributed by atoms with van der Waals surface area (Å²) < 4.78 is 0. The average Bonchev–Trinajstić information content (AvgIpc) is 2.72. The van der Waals surface area contributed by atoms with Gasteiger partial charge in [0.25, 0.3) is 0 Å². The highest BCUT2D eigenvalue weighted by molar-refractivity contribution is 5.56. The first-order chi connectivity index (χ1) is 14.6. The molecule has 0 spiro atoms. The third-order valence-electron chi connectivity index (χ3n) is 5.47. The van der Waals surface area contributed by atoms with E-state index in [1.165, 1.54) is 22.3 Å². The zero-order chi connectivity index (χ0) is 22.5. The van der Waals surface area contributed by atoms with Crippen LogP contribution in [0.2, 0.25) is 0 Å². The first-order valence-corrected chi connectivity index (χ1v) is 11.1. The second-order valence-electron chi connectivity index (χ2n) is 10.2. The van der Waals surface area contributed by atoms with Crippen molar-refractivity contribution in [3.63, 3.8) is 0 Å². The zero-order valence-corrected chi connectivity index (χ0v) is 19.8. The maximum absolute atomic E-state index is 3.52. The molecule has 3 rings (SSSR count). The van der Waals surface area contributed by atoms with Gasteiger partial charge in [-0.3, -0.25) is 0 Å². The molecular formula is C31H34. The molecule has 0 atom stereocenters. The average molecular weight is 407 g/mol. The predicted molar refractivity (Wildman–Crippen MR) is 135 cm³/mol. The molecule has 0 aromatic heterocycles. The molecule has 0 aliphatic heterocycles. The van der Waals surface area contributed by atoms with E-state index in [-0.39, 0.29) is 10.8 Å². The molecule has 0 nitrogen and oxygen atoms in total. The first-order valence-electron chi connectivity index (χ1n) is 11.1. The van der Waals surface area contributed by atoms with Gasteiger partial charge in [-0.1, -0.05) is 120 Å². The largest absolute Gasteiger partial charge is 0.0795 e. The van der Waals surface area contributed by atoms with E-state index in [9.17, 15) is 0 Å². The van der Waals surface area contributed by atoms with Crippen LogP contribution in [0.4, 0.5) is 0 Å². The van der Waals surface area contributed by atoms with Gasteiger partial charge in [0.15, 0.2) is 0 Å². The van der Waals surface area contributed by atoms with Crippen molar-refractivity contribution in [2.45, 2.75) is 58.8 Å². The van der Waals surface area contributed by atoms with Crippen molar-refractivity contribution < 1.29 is 0 Å². The normalized spacial score (nSPS) is 11.9. The monoisotopic (exact) mass is 406 g/mol. The van der Waals surface area contributed by atoms with Gasteiger partial charge in [0.05, 0.1) is 0 Å². The molecule has 0 N–H and O–H groups in total. The predicted octanol–water partition coefficient (Wildman–Crippen LogP) is 7.94. The van der Waals surface area contributed by atoms with Gasteiger partial charge in [-0.15, -0.1) is 0 Å². The molecular weight excluding hydrogens is 372 g/mol. The van der Waals surface area contributed by atoms with Crippen molar-refractivity contribution in [3.8, 4) is 11.8 Å². The molecule has 158 valence electrons. The lowest BCUT2D eigenvalue weighted by molar-refractivity contribution is 0.564. The van der Waals surface area contributed by atoms with E-state index in [1.54, 1.807) is 0 Å². The summed E-state index contributed by atoms with van der Waals surface area (Å²) in [4.78, 5) is 0. The SMILES string of the molecule is CC(C)(C)c1cc(C#Cc2ccccc2)c(C/C=C/c2ccccc2)c(C(C)(C)C)c1. The van der Waals surface area contributed by atoms with Crippen LogP contribution in [-0.4, -0.2) is 0 Å². The van der Waals surface area contributed by atoms with Crippen molar-refractivity contribution in [1.29, 1.82) is 0 Å². The third kappa shape index (κ3) is 6.22. The van der Waals surface area contributed by atoms with Gasteiger partial charge in [-0.05, 0) is 57.7 Å². The Morgan fingerprint density at radius 2 is 1.32 bits per heavy atom. The standard InChI is InChI=1S/C31H34/c1-30(2,3)27-22-26(21-20-25-16-11-8-12-17-25)28(29(23-27)31(4,5)6)19-13-18-24-14-9-7-10-15-24/h7-18,22-23H,19H2,1-6H3/b18-13+. The number of hydrogen-bond acceptors (Lipinski definition) is 0. The van der Waals surface area contributed by atoms with Gasteiger partial charge < -0.3 is 0 Å². The highest BCUT2D eigenvalue weighted by atomic mass is 14.3. The summed E-state index contributed by atoms with van der Waals surface area (Å²) in [7, 11) is 0. The minimum Gasteiger partial charge on any atom is -0.0795 e. The van der Waals surface area contributed by atoms with Gasteiger partial charge in [-0.2, -0.15) is 0 Å². The van der Waals surface area contributed by atoms with Crippen molar-refractivity contribution in [1.82, 2.24) is 0 Å². The van der Waals surface area contributed by atoms with Crippen molar-refractivity contribution in [3.05, 3.63) is 112 Å². The first kappa shape index (κ1) is 22.6. The highest BCUT2D eigenvalue weighted by Crippen LogP contribution is 2.34. The van der Waals surface area contributed by atoms with Crippen LogP contribution in [0.5, 0.6) is 0 Å². The molecule has 31 heavy (non-hydrogen) atoms. The van der Waals surface area contributed by atoms with Crippen LogP contribution in [0.3, 0.4) is 0 Å². The summed E-state index contributed by atoms with van der Waals surface area (Å²) in [6.45, 7) is 13.7. The van der Waals surface area contributed by atoms with Gasteiger partial charge in [0, 0.05) is 11.1 Å². The molecule has 3 aromatic rings. The van der Waals surface area contributed by atoms with E-state index < -0.39 is 0 Å². The van der Waals surface area contributed by atoms with Crippen LogP contribution in [0.15, 0.2) is 78.9 Å². The highest BCUT2D eigenvalue weighted by Gasteiger charge is 2.24. The summed E-state index contributed by atoms with van der Waals surface area (Å²) in [6.07, 6.45) is 5.34. The third-order valence-corrected chi connectivity index (χ3v) is 5.47. The molecule has 0 fully saturated rings. The smallest absolute Gasteiger partial charge is 0.0290 e. The Bertz CT molecular complexity index is 1090. The Hall–Kier alpha value is -3.04. The molecule has 0 aliphatic rings. The van der Waals surface area contributed by atoms with Crippen molar-refractivity contribution in [2.24, 2.45) is 0 Å². The van der Waals surface area contributed by atoms with Crippen LogP contribution in [0.1, 0.15) is 74.9 Å². The lowest BCUT2D eigenvalue weighted by atomic mass is 9.76. The minimum atomic E-state index is 0.0420. The number of allylic oxidation sites excluding steroid dienone is 1. The molecule has 0 amide bonds. The maximum atomic E-state index is 3.52. The second kappa shape index (κ2) is 9.40. The van der Waals surface area contributed by atoms with Crippen molar-refractivity contribution in [2.75, 3.05) is 0 Å². The fraction of sp³-hybridized carbons (Fsp3) is 0.290. The number of benzene rings is 3. The van der Waals surface area contributed by atoms with Crippen LogP contribution < -0.4 is 0 Å². The molecule has 0 bridgehead atoms. The van der Waals surface area contributed by atoms with Crippen LogP contribution in [0.25, 0.3) is 6.08 Å². The Morgan fingerprint density at radius 3 is 1.90 bits per heavy atom. The fourth-order valence-corrected chi connectivity index (χ4v) is 3.64. The topological polar surface area (TPSA) is 0 Å². The number of rotatable bonds is 3. The molecule has 3 aromatic carbocycles. The van der Waals surface area contributed by atoms with Crippen LogP contribution in [-0.2, 0) is 17.3 Å². The zero-order valence-electron chi connectivity index (χ0n) is 19.8. The number of hydrogen-bond donors (Lipinski definition) is 0. The van der Waals surface area contributed by atoms with E-state index in [4.69, 9.17) is 0 Å². The Balaban J connectivity index is 2.12. The minimum absolute atomic E-state index is 0.0420. The summed E-state index contributed by atoms with van der Waals surface area (Å²) in [5.74, 6) is 6.91. The molecule has 0 heteroatoms. The second-order valence-corrected chi connectivity index (χ2v) is 10.2. The van der Waals surface area contributed by atoms with Gasteiger partial charge in [0.1, 0.15) is 0 Å². The Kier molecular flexibility index (Phi) is 6.87. The van der Waals surface area contributed by atoms with E-state index in [1.807, 2.05) is 18.2 Å². The maximum Gasteiger partial charge on any atom is 0.0290 e. The van der Waals surface area contributed by atoms with E-state index in [0.29, 0.717) is 0 Å². The molecule has 0 saturated carbocycles. The molecule has 0 heterocycles. The van der Waals surface area contributed by atoms with Crippen LogP contribution in [0, 0.1) is 11.8 Å². The van der Waals surface area contributed by atoms with Crippen LogP contribution >= 0.6 is 0 Å². The van der Waals surface area contributed by atoms with E-state index in [2.05, 4.69) is 120 Å². The summed E-state index contributed by atoms with van der Waals surface area (Å²) >= 11 is 0. The van der Waals surface area contributed by atoms with Gasteiger partial charge in [-0.25, -0.2) is 0 Å². The Labute approximate surface area is 189 Å². The molecule has 0 unspecified atom stereocenters. The molecule has 0 saturated heterocycles. The van der Waals surface area contributed by atoms with E-state index >= 15 is 0 Å². The van der Waals surface area contributed by atoms with Gasteiger partial charge >= 0.3 is 0 Å². The Morgan fingerprint density at radius 1 is 0.710 bits per heavy atom. The van der Waals surface area contributed by atoms with E-state index in [0.717, 1.165) is 17.5 Å².